The highest BCUT2D eigenvalue weighted by molar-refractivity contribution is 7.91. The van der Waals surface area contributed by atoms with Gasteiger partial charge in [-0.1, -0.05) is 13.3 Å². The van der Waals surface area contributed by atoms with Gasteiger partial charge in [0.05, 0.1) is 22.2 Å². The average molecular weight is 342 g/mol. The van der Waals surface area contributed by atoms with E-state index in [4.69, 9.17) is 0 Å². The summed E-state index contributed by atoms with van der Waals surface area (Å²) in [4.78, 5) is 18.4. The van der Waals surface area contributed by atoms with Crippen LogP contribution in [0, 0.1) is 6.92 Å². The number of aromatic nitrogens is 1. The summed E-state index contributed by atoms with van der Waals surface area (Å²) < 4.78 is 23.3. The van der Waals surface area contributed by atoms with Crippen molar-refractivity contribution in [2.24, 2.45) is 0 Å². The molecule has 1 atom stereocenters. The van der Waals surface area contributed by atoms with Crippen LogP contribution in [-0.4, -0.2) is 48.3 Å². The molecule has 1 aromatic heterocycles. The minimum absolute atomic E-state index is 0.0894. The van der Waals surface area contributed by atoms with Gasteiger partial charge in [-0.2, -0.15) is 0 Å². The average Bonchev–Trinajstić information content (AvgIpc) is 3.03. The number of thiazole rings is 1. The second-order valence-electron chi connectivity index (χ2n) is 5.57. The Morgan fingerprint density at radius 3 is 2.86 bits per heavy atom. The van der Waals surface area contributed by atoms with Crippen molar-refractivity contribution in [1.82, 2.24) is 9.88 Å². The SMILES string of the molecule is CCCCN(C(=O)/C=C/c1csc(C)n1)C1CCS(=O)(=O)C1. The van der Waals surface area contributed by atoms with Crippen molar-refractivity contribution < 1.29 is 13.2 Å². The Hall–Kier alpha value is -1.21. The summed E-state index contributed by atoms with van der Waals surface area (Å²) in [6.45, 7) is 4.58. The van der Waals surface area contributed by atoms with Crippen LogP contribution < -0.4 is 0 Å². The van der Waals surface area contributed by atoms with E-state index in [2.05, 4.69) is 11.9 Å². The van der Waals surface area contributed by atoms with Gasteiger partial charge in [-0.25, -0.2) is 13.4 Å². The van der Waals surface area contributed by atoms with E-state index in [-0.39, 0.29) is 23.5 Å². The number of carbonyl (C=O) groups excluding carboxylic acids is 1. The van der Waals surface area contributed by atoms with Crippen LogP contribution in [0.1, 0.15) is 36.9 Å². The quantitative estimate of drug-likeness (QED) is 0.744. The highest BCUT2D eigenvalue weighted by Gasteiger charge is 2.33. The Morgan fingerprint density at radius 2 is 2.32 bits per heavy atom. The van der Waals surface area contributed by atoms with E-state index < -0.39 is 9.84 Å². The lowest BCUT2D eigenvalue weighted by atomic mass is 10.2. The van der Waals surface area contributed by atoms with Crippen molar-refractivity contribution in [2.45, 2.75) is 39.2 Å². The van der Waals surface area contributed by atoms with Crippen LogP contribution in [-0.2, 0) is 14.6 Å². The Balaban J connectivity index is 2.07. The number of unbranched alkanes of at least 4 members (excludes halogenated alkanes) is 1. The van der Waals surface area contributed by atoms with Crippen molar-refractivity contribution in [1.29, 1.82) is 0 Å². The Bertz CT molecular complexity index is 649. The molecule has 0 bridgehead atoms. The molecule has 1 aliphatic heterocycles. The molecule has 0 radical (unpaired) electrons. The second-order valence-corrected chi connectivity index (χ2v) is 8.86. The van der Waals surface area contributed by atoms with Gasteiger partial charge in [0.25, 0.3) is 0 Å². The van der Waals surface area contributed by atoms with Crippen LogP contribution in [0.4, 0.5) is 0 Å². The Labute approximate surface area is 136 Å². The van der Waals surface area contributed by atoms with Crippen molar-refractivity contribution in [2.75, 3.05) is 18.1 Å². The minimum atomic E-state index is -2.99. The van der Waals surface area contributed by atoms with E-state index in [1.807, 2.05) is 12.3 Å². The fraction of sp³-hybridized carbons (Fsp3) is 0.600. The number of aryl methyl sites for hydroxylation is 1. The predicted octanol–water partition coefficient (Wildman–Crippen LogP) is 2.28. The topological polar surface area (TPSA) is 67.3 Å². The van der Waals surface area contributed by atoms with Gasteiger partial charge in [0.1, 0.15) is 0 Å². The predicted molar refractivity (Wildman–Crippen MR) is 89.6 cm³/mol. The summed E-state index contributed by atoms with van der Waals surface area (Å²) in [5.74, 6) is 0.149. The molecule has 0 saturated carbocycles. The van der Waals surface area contributed by atoms with Gasteiger partial charge in [0.15, 0.2) is 9.84 Å². The number of hydrogen-bond acceptors (Lipinski definition) is 5. The number of amides is 1. The maximum atomic E-state index is 12.4. The molecule has 2 heterocycles. The lowest BCUT2D eigenvalue weighted by Gasteiger charge is -2.27. The Kier molecular flexibility index (Phi) is 5.74. The normalized spacial score (nSPS) is 20.5. The molecule has 1 amide bonds. The first-order chi connectivity index (χ1) is 10.4. The molecule has 7 heteroatoms. The van der Waals surface area contributed by atoms with E-state index in [0.717, 1.165) is 23.5 Å². The van der Waals surface area contributed by atoms with Crippen LogP contribution in [0.15, 0.2) is 11.5 Å². The van der Waals surface area contributed by atoms with Gasteiger partial charge in [-0.15, -0.1) is 11.3 Å². The fourth-order valence-electron chi connectivity index (χ4n) is 2.53. The molecule has 0 aromatic carbocycles. The molecule has 1 aliphatic rings. The molecule has 1 fully saturated rings. The summed E-state index contributed by atoms with van der Waals surface area (Å²) in [5.41, 5.74) is 0.769. The summed E-state index contributed by atoms with van der Waals surface area (Å²) in [6, 6.07) is -0.189. The molecule has 0 spiro atoms. The smallest absolute Gasteiger partial charge is 0.246 e. The van der Waals surface area contributed by atoms with Gasteiger partial charge in [0.2, 0.25) is 5.91 Å². The zero-order valence-corrected chi connectivity index (χ0v) is 14.6. The summed E-state index contributed by atoms with van der Waals surface area (Å²) in [6.07, 6.45) is 5.61. The summed E-state index contributed by atoms with van der Waals surface area (Å²) in [5, 5.41) is 2.85. The summed E-state index contributed by atoms with van der Waals surface area (Å²) in [7, 11) is -2.99. The molecular weight excluding hydrogens is 320 g/mol. The lowest BCUT2D eigenvalue weighted by Crippen LogP contribution is -2.40. The Morgan fingerprint density at radius 1 is 1.55 bits per heavy atom. The molecule has 0 N–H and O–H groups in total. The van der Waals surface area contributed by atoms with Crippen molar-refractivity contribution in [3.63, 3.8) is 0 Å². The van der Waals surface area contributed by atoms with E-state index in [9.17, 15) is 13.2 Å². The zero-order valence-electron chi connectivity index (χ0n) is 13.0. The molecular formula is C15H22N2O3S2. The van der Waals surface area contributed by atoms with Crippen LogP contribution in [0.2, 0.25) is 0 Å². The standard InChI is InChI=1S/C15H22N2O3S2/c1-3-4-8-17(14-7-9-22(19,20)11-14)15(18)6-5-13-10-21-12(2)16-13/h5-6,10,14H,3-4,7-9,11H2,1-2H3/b6-5+. The lowest BCUT2D eigenvalue weighted by molar-refractivity contribution is -0.127. The first-order valence-corrected chi connectivity index (χ1v) is 10.2. The maximum Gasteiger partial charge on any atom is 0.246 e. The van der Waals surface area contributed by atoms with Crippen LogP contribution in [0.5, 0.6) is 0 Å². The first kappa shape index (κ1) is 17.1. The van der Waals surface area contributed by atoms with E-state index in [0.29, 0.717) is 13.0 Å². The monoisotopic (exact) mass is 342 g/mol. The third kappa shape index (κ3) is 4.64. The molecule has 5 nitrogen and oxygen atoms in total. The van der Waals surface area contributed by atoms with Gasteiger partial charge in [-0.3, -0.25) is 4.79 Å². The molecule has 1 aromatic rings. The van der Waals surface area contributed by atoms with Crippen molar-refractivity contribution in [3.05, 3.63) is 22.2 Å². The molecule has 122 valence electrons. The summed E-state index contributed by atoms with van der Waals surface area (Å²) >= 11 is 1.54. The van der Waals surface area contributed by atoms with E-state index >= 15 is 0 Å². The number of hydrogen-bond donors (Lipinski definition) is 0. The molecule has 2 rings (SSSR count). The molecule has 0 aliphatic carbocycles. The van der Waals surface area contributed by atoms with Gasteiger partial charge < -0.3 is 4.90 Å². The number of carbonyl (C=O) groups is 1. The van der Waals surface area contributed by atoms with E-state index in [1.54, 1.807) is 11.0 Å². The largest absolute Gasteiger partial charge is 0.335 e. The van der Waals surface area contributed by atoms with Crippen molar-refractivity contribution >= 4 is 33.2 Å². The fourth-order valence-corrected chi connectivity index (χ4v) is 4.84. The number of rotatable bonds is 6. The van der Waals surface area contributed by atoms with Gasteiger partial charge in [-0.05, 0) is 25.8 Å². The number of nitrogens with zero attached hydrogens (tertiary/aromatic N) is 2. The molecule has 1 saturated heterocycles. The van der Waals surface area contributed by atoms with Crippen LogP contribution >= 0.6 is 11.3 Å². The van der Waals surface area contributed by atoms with Gasteiger partial charge in [0, 0.05) is 24.0 Å². The highest BCUT2D eigenvalue weighted by atomic mass is 32.2. The first-order valence-electron chi connectivity index (χ1n) is 7.52. The maximum absolute atomic E-state index is 12.4. The van der Waals surface area contributed by atoms with Crippen LogP contribution in [0.25, 0.3) is 6.08 Å². The molecule has 22 heavy (non-hydrogen) atoms. The van der Waals surface area contributed by atoms with Crippen molar-refractivity contribution in [3.8, 4) is 0 Å². The van der Waals surface area contributed by atoms with Gasteiger partial charge >= 0.3 is 0 Å². The molecule has 1 unspecified atom stereocenters. The third-order valence-corrected chi connectivity index (χ3v) is 6.26. The zero-order chi connectivity index (χ0) is 16.2. The second kappa shape index (κ2) is 7.37. The van der Waals surface area contributed by atoms with Crippen LogP contribution in [0.3, 0.4) is 0 Å². The third-order valence-electron chi connectivity index (χ3n) is 3.72. The highest BCUT2D eigenvalue weighted by Crippen LogP contribution is 2.19. The van der Waals surface area contributed by atoms with E-state index in [1.165, 1.54) is 17.4 Å². The minimum Gasteiger partial charge on any atom is -0.335 e. The number of sulfone groups is 1.